The summed E-state index contributed by atoms with van der Waals surface area (Å²) in [6.07, 6.45) is 0. The molecule has 0 saturated heterocycles. The minimum atomic E-state index is -3.73. The zero-order valence-electron chi connectivity index (χ0n) is 12.5. The van der Waals surface area contributed by atoms with E-state index < -0.39 is 46.8 Å². The van der Waals surface area contributed by atoms with Crippen molar-refractivity contribution < 1.29 is 25.3 Å². The fraction of sp³-hybridized carbons (Fsp3) is 0.250. The lowest BCUT2D eigenvalue weighted by atomic mass is 10.5. The van der Waals surface area contributed by atoms with Crippen LogP contribution >= 0.6 is 0 Å². The predicted molar refractivity (Wildman–Crippen MR) is 88.3 cm³/mol. The van der Waals surface area contributed by atoms with Crippen molar-refractivity contribution >= 4 is 29.5 Å². The van der Waals surface area contributed by atoms with Crippen molar-refractivity contribution in [2.75, 3.05) is 0 Å². The molecule has 24 heavy (non-hydrogen) atoms. The van der Waals surface area contributed by atoms with E-state index in [2.05, 4.69) is 34.7 Å². The summed E-state index contributed by atoms with van der Waals surface area (Å²) in [6, 6.07) is 0. The summed E-state index contributed by atoms with van der Waals surface area (Å²) >= 11 is 0. The molecular weight excluding hydrogens is 378 g/mol. The van der Waals surface area contributed by atoms with Crippen LogP contribution in [-0.4, -0.2) is 40.2 Å². The Morgan fingerprint density at radius 3 is 0.958 bits per heavy atom. The monoisotopic (exact) mass is 393 g/mol. The van der Waals surface area contributed by atoms with Gasteiger partial charge < -0.3 is 0 Å². The summed E-state index contributed by atoms with van der Waals surface area (Å²) in [6.45, 7) is 9.42. The Bertz CT molecular complexity index is 838. The van der Waals surface area contributed by atoms with Gasteiger partial charge in [0.25, 0.3) is 0 Å². The number of hydrogen-bond donors (Lipinski definition) is 0. The molecule has 12 heteroatoms. The van der Waals surface area contributed by atoms with E-state index in [-0.39, 0.29) is 17.5 Å². The first-order valence-electron chi connectivity index (χ1n) is 6.20. The van der Waals surface area contributed by atoms with Gasteiger partial charge >= 0.3 is 0 Å². The molecule has 0 atom stereocenters. The molecule has 0 unspecified atom stereocenters. The Labute approximate surface area is 140 Å². The fourth-order valence-electron chi connectivity index (χ4n) is 1.43. The molecule has 0 fully saturated rings. The van der Waals surface area contributed by atoms with E-state index in [1.54, 1.807) is 0 Å². The van der Waals surface area contributed by atoms with E-state index in [0.717, 1.165) is 0 Å². The van der Waals surface area contributed by atoms with E-state index >= 15 is 0 Å². The van der Waals surface area contributed by atoms with Gasteiger partial charge in [-0.3, -0.25) is 0 Å². The fourth-order valence-corrected chi connectivity index (χ4v) is 3.25. The largest absolute Gasteiger partial charge is 0.224 e. The third-order valence-electron chi connectivity index (χ3n) is 2.53. The molecule has 0 aromatic carbocycles. The lowest BCUT2D eigenvalue weighted by molar-refractivity contribution is 0.601. The van der Waals surface area contributed by atoms with E-state index in [4.69, 9.17) is 0 Å². The smallest absolute Gasteiger partial charge is 0.178 e. The van der Waals surface area contributed by atoms with E-state index in [1.807, 2.05) is 0 Å². The molecule has 0 saturated carbocycles. The zero-order chi connectivity index (χ0) is 18.6. The molecule has 0 spiro atoms. The predicted octanol–water partition coefficient (Wildman–Crippen LogP) is 0.0465. The van der Waals surface area contributed by atoms with E-state index in [1.165, 1.54) is 0 Å². The van der Waals surface area contributed by atoms with Crippen LogP contribution in [0.15, 0.2) is 36.0 Å². The van der Waals surface area contributed by atoms with Gasteiger partial charge in [0.15, 0.2) is 29.5 Å². The van der Waals surface area contributed by atoms with Crippen LogP contribution in [0.1, 0.15) is 17.5 Å². The summed E-state index contributed by atoms with van der Waals surface area (Å²) in [5.74, 6) is -2.85. The molecule has 0 aliphatic rings. The van der Waals surface area contributed by atoms with Crippen molar-refractivity contribution in [1.29, 1.82) is 0 Å². The Balaban J connectivity index is 3.41. The first kappa shape index (κ1) is 20.1. The summed E-state index contributed by atoms with van der Waals surface area (Å²) in [4.78, 5) is 11.3. The number of rotatable bonds is 9. The SMILES string of the molecule is C=CS(=O)(=O)Cc1nc(CS(=O)(=O)C=C)nc(CS(=O)(=O)C=C)n1. The Kier molecular flexibility index (Phi) is 6.14. The van der Waals surface area contributed by atoms with Crippen molar-refractivity contribution in [1.82, 2.24) is 15.0 Å². The van der Waals surface area contributed by atoms with E-state index in [0.29, 0.717) is 16.2 Å². The van der Waals surface area contributed by atoms with Crippen LogP contribution in [0.2, 0.25) is 0 Å². The topological polar surface area (TPSA) is 141 Å². The second-order valence-corrected chi connectivity index (χ2v) is 10.3. The van der Waals surface area contributed by atoms with Gasteiger partial charge in [0.05, 0.1) is 0 Å². The van der Waals surface area contributed by atoms with Gasteiger partial charge in [0.1, 0.15) is 34.7 Å². The van der Waals surface area contributed by atoms with Crippen molar-refractivity contribution in [2.24, 2.45) is 0 Å². The number of hydrogen-bond acceptors (Lipinski definition) is 9. The number of nitrogens with zero attached hydrogens (tertiary/aromatic N) is 3. The van der Waals surface area contributed by atoms with Crippen molar-refractivity contribution in [3.63, 3.8) is 0 Å². The molecule has 1 aromatic heterocycles. The third-order valence-corrected chi connectivity index (χ3v) is 6.03. The molecule has 0 amide bonds. The van der Waals surface area contributed by atoms with Gasteiger partial charge in [-0.15, -0.1) is 0 Å². The molecule has 0 N–H and O–H groups in total. The molecule has 1 rings (SSSR count). The molecule has 9 nitrogen and oxygen atoms in total. The first-order chi connectivity index (χ1) is 10.9. The van der Waals surface area contributed by atoms with Gasteiger partial charge in [0.2, 0.25) is 0 Å². The second kappa shape index (κ2) is 7.32. The first-order valence-corrected chi connectivity index (χ1v) is 11.3. The number of sulfone groups is 3. The Morgan fingerprint density at radius 1 is 0.583 bits per heavy atom. The van der Waals surface area contributed by atoms with Crippen LogP contribution in [0.25, 0.3) is 0 Å². The lowest BCUT2D eigenvalue weighted by Gasteiger charge is -2.06. The quantitative estimate of drug-likeness (QED) is 0.568. The Hall–Kier alpha value is -1.92. The summed E-state index contributed by atoms with van der Waals surface area (Å²) in [7, 11) is -11.2. The average Bonchev–Trinajstić information content (AvgIpc) is 2.45. The maximum Gasteiger partial charge on any atom is 0.178 e. The second-order valence-electron chi connectivity index (χ2n) is 4.51. The van der Waals surface area contributed by atoms with Crippen LogP contribution in [0.5, 0.6) is 0 Å². The van der Waals surface area contributed by atoms with Gasteiger partial charge in [-0.05, 0) is 0 Å². The molecule has 0 radical (unpaired) electrons. The molecular formula is C12H15N3O6S3. The maximum absolute atomic E-state index is 11.6. The van der Waals surface area contributed by atoms with Crippen molar-refractivity contribution in [2.45, 2.75) is 17.3 Å². The maximum atomic E-state index is 11.6. The highest BCUT2D eigenvalue weighted by Crippen LogP contribution is 2.10. The van der Waals surface area contributed by atoms with Gasteiger partial charge in [-0.2, -0.15) is 0 Å². The highest BCUT2D eigenvalue weighted by atomic mass is 32.2. The van der Waals surface area contributed by atoms with Gasteiger partial charge in [-0.1, -0.05) is 19.7 Å². The van der Waals surface area contributed by atoms with Crippen molar-refractivity contribution in [3.8, 4) is 0 Å². The van der Waals surface area contributed by atoms with Crippen LogP contribution in [0.4, 0.5) is 0 Å². The lowest BCUT2D eigenvalue weighted by Crippen LogP contribution is -2.15. The van der Waals surface area contributed by atoms with Crippen LogP contribution in [-0.2, 0) is 46.8 Å². The third kappa shape index (κ3) is 6.29. The molecule has 0 bridgehead atoms. The van der Waals surface area contributed by atoms with Gasteiger partial charge in [0, 0.05) is 16.2 Å². The highest BCUT2D eigenvalue weighted by Gasteiger charge is 2.18. The van der Waals surface area contributed by atoms with Crippen molar-refractivity contribution in [3.05, 3.63) is 53.4 Å². The molecule has 0 aliphatic heterocycles. The summed E-state index contributed by atoms with van der Waals surface area (Å²) in [5, 5.41) is 2.07. The standard InChI is InChI=1S/C12H15N3O6S3/c1-4-22(16,17)7-10-13-11(8-23(18,19)5-2)15-12(14-10)9-24(20,21)6-3/h4-6H,1-3,7-9H2. The van der Waals surface area contributed by atoms with Crippen LogP contribution in [0, 0.1) is 0 Å². The van der Waals surface area contributed by atoms with E-state index in [9.17, 15) is 25.3 Å². The molecule has 132 valence electrons. The molecule has 1 aromatic rings. The minimum Gasteiger partial charge on any atom is -0.224 e. The summed E-state index contributed by atoms with van der Waals surface area (Å²) in [5.41, 5.74) is 0. The highest BCUT2D eigenvalue weighted by molar-refractivity contribution is 7.94. The average molecular weight is 393 g/mol. The zero-order valence-corrected chi connectivity index (χ0v) is 14.9. The van der Waals surface area contributed by atoms with Gasteiger partial charge in [-0.25, -0.2) is 40.2 Å². The van der Waals surface area contributed by atoms with Crippen LogP contribution in [0.3, 0.4) is 0 Å². The number of aromatic nitrogens is 3. The molecule has 1 heterocycles. The Morgan fingerprint density at radius 2 is 0.792 bits per heavy atom. The summed E-state index contributed by atoms with van der Waals surface area (Å²) < 4.78 is 69.5. The normalized spacial score (nSPS) is 12.5. The van der Waals surface area contributed by atoms with Crippen LogP contribution < -0.4 is 0 Å². The molecule has 0 aliphatic carbocycles. The minimum absolute atomic E-state index is 0.284.